The Hall–Kier alpha value is -0.560. The van der Waals surface area contributed by atoms with E-state index < -0.39 is 0 Å². The molecule has 0 amide bonds. The summed E-state index contributed by atoms with van der Waals surface area (Å²) in [5, 5.41) is 0. The van der Waals surface area contributed by atoms with Gasteiger partial charge in [-0.05, 0) is 0 Å². The number of rotatable bonds is 0. The number of nitrogens with zero attached hydrogens (tertiary/aromatic N) is 3. The highest BCUT2D eigenvalue weighted by Crippen LogP contribution is 2.59. The maximum absolute atomic E-state index is 12.1. The Morgan fingerprint density at radius 3 is 1.72 bits per heavy atom. The topological polar surface area (TPSA) is 48.9 Å². The van der Waals surface area contributed by atoms with Gasteiger partial charge in [0.1, 0.15) is 0 Å². The van der Waals surface area contributed by atoms with Crippen molar-refractivity contribution in [1.29, 1.82) is 0 Å². The summed E-state index contributed by atoms with van der Waals surface area (Å²) < 4.78 is 4.45. The van der Waals surface area contributed by atoms with Crippen molar-refractivity contribution in [2.24, 2.45) is 18.9 Å². The monoisotopic (exact) mass is 375 g/mol. The summed E-state index contributed by atoms with van der Waals surface area (Å²) in [6.07, 6.45) is 4.14. The van der Waals surface area contributed by atoms with Crippen LogP contribution in [0.25, 0.3) is 0 Å². The summed E-state index contributed by atoms with van der Waals surface area (Å²) in [5.74, 6) is 0.785. The molecule has 3 heterocycles. The van der Waals surface area contributed by atoms with Crippen molar-refractivity contribution in [1.82, 2.24) is 13.9 Å². The van der Waals surface area contributed by atoms with Crippen LogP contribution in [0.5, 0.6) is 0 Å². The molecule has 1 fully saturated rings. The molecule has 2 bridgehead atoms. The van der Waals surface area contributed by atoms with Gasteiger partial charge in [0.05, 0.1) is 12.1 Å². The van der Waals surface area contributed by atoms with Gasteiger partial charge in [0.2, 0.25) is 0 Å². The molecule has 1 aromatic heterocycles. The first-order valence-electron chi connectivity index (χ1n) is 5.90. The van der Waals surface area contributed by atoms with E-state index in [1.807, 2.05) is 0 Å². The molecular weight excluding hydrogens is 366 g/mol. The lowest BCUT2D eigenvalue weighted by Crippen LogP contribution is -2.63. The predicted molar refractivity (Wildman–Crippen MR) is 73.6 cm³/mol. The van der Waals surface area contributed by atoms with Gasteiger partial charge in [-0.3, -0.25) is 0 Å². The molecule has 0 unspecified atom stereocenters. The molecule has 0 saturated heterocycles. The zero-order valence-corrected chi connectivity index (χ0v) is 12.7. The fraction of sp³-hybridized carbons (Fsp3) is 0.636. The van der Waals surface area contributed by atoms with E-state index in [0.29, 0.717) is 21.5 Å². The molecule has 5 rings (SSSR count). The number of alkyl halides is 2. The molecule has 0 spiro atoms. The minimum Gasteiger partial charge on any atom is -0.246 e. The summed E-state index contributed by atoms with van der Waals surface area (Å²) in [4.78, 5) is 25.0. The molecule has 2 aliphatic carbocycles. The fourth-order valence-electron chi connectivity index (χ4n) is 3.63. The first kappa shape index (κ1) is 11.3. The third kappa shape index (κ3) is 1.01. The second-order valence-corrected chi connectivity index (χ2v) is 7.34. The van der Waals surface area contributed by atoms with Crippen LogP contribution in [0, 0.1) is 11.8 Å². The van der Waals surface area contributed by atoms with Crippen molar-refractivity contribution in [3.8, 4) is 0 Å². The Kier molecular flexibility index (Phi) is 2.07. The normalized spacial score (nSPS) is 43.5. The molecule has 6 atom stereocenters. The molecular formula is C11H11Br2N3O2. The van der Waals surface area contributed by atoms with Crippen molar-refractivity contribution in [2.75, 3.05) is 0 Å². The largest absolute Gasteiger partial charge is 0.347 e. The van der Waals surface area contributed by atoms with Crippen LogP contribution in [0.1, 0.15) is 12.1 Å². The van der Waals surface area contributed by atoms with E-state index in [0.717, 1.165) is 0 Å². The third-order valence-corrected chi connectivity index (χ3v) is 7.61. The number of aromatic nitrogens is 3. The molecule has 5 nitrogen and oxygen atoms in total. The molecule has 1 saturated carbocycles. The number of halogens is 2. The van der Waals surface area contributed by atoms with Gasteiger partial charge in [0.25, 0.3) is 0 Å². The Labute approximate surface area is 119 Å². The summed E-state index contributed by atoms with van der Waals surface area (Å²) >= 11 is 7.36. The lowest BCUT2D eigenvalue weighted by molar-refractivity contribution is 0.0346. The second kappa shape index (κ2) is 3.30. The van der Waals surface area contributed by atoms with Gasteiger partial charge >= 0.3 is 11.4 Å². The predicted octanol–water partition coefficient (Wildman–Crippen LogP) is 0.787. The van der Waals surface area contributed by atoms with Crippen LogP contribution >= 0.6 is 31.9 Å². The van der Waals surface area contributed by atoms with Gasteiger partial charge in [-0.2, -0.15) is 0 Å². The van der Waals surface area contributed by atoms with Crippen LogP contribution in [0.15, 0.2) is 21.7 Å². The number of allylic oxidation sites excluding steroid dienone is 2. The van der Waals surface area contributed by atoms with Crippen molar-refractivity contribution in [3.05, 3.63) is 33.1 Å². The van der Waals surface area contributed by atoms with Gasteiger partial charge in [-0.1, -0.05) is 44.0 Å². The van der Waals surface area contributed by atoms with E-state index in [-0.39, 0.29) is 23.5 Å². The van der Waals surface area contributed by atoms with Crippen LogP contribution in [-0.2, 0) is 7.05 Å². The van der Waals surface area contributed by atoms with Gasteiger partial charge in [0, 0.05) is 28.5 Å². The SMILES string of the molecule is Cn1c(=O)n2n(c1=O)[C@H]1C=C[C@H]2[C@H]2[C@H](Br)[C@H](Br)[C@@H]21. The highest BCUT2D eigenvalue weighted by atomic mass is 79.9. The van der Waals surface area contributed by atoms with Gasteiger partial charge in [-0.25, -0.2) is 23.5 Å². The van der Waals surface area contributed by atoms with Crippen LogP contribution in [-0.4, -0.2) is 23.6 Å². The minimum atomic E-state index is -0.212. The molecule has 7 heteroatoms. The van der Waals surface area contributed by atoms with Crippen molar-refractivity contribution in [2.45, 2.75) is 21.7 Å². The maximum Gasteiger partial charge on any atom is 0.347 e. The third-order valence-electron chi connectivity index (χ3n) is 4.54. The summed E-state index contributed by atoms with van der Waals surface area (Å²) in [6, 6.07) is -0.000787. The Balaban J connectivity index is 2.02. The van der Waals surface area contributed by atoms with E-state index in [4.69, 9.17) is 0 Å². The highest BCUT2D eigenvalue weighted by Gasteiger charge is 2.60. The van der Waals surface area contributed by atoms with Gasteiger partial charge in [0.15, 0.2) is 0 Å². The van der Waals surface area contributed by atoms with Crippen LogP contribution < -0.4 is 11.4 Å². The molecule has 0 radical (unpaired) electrons. The molecule has 4 aliphatic rings. The van der Waals surface area contributed by atoms with Crippen LogP contribution in [0.3, 0.4) is 0 Å². The van der Waals surface area contributed by atoms with E-state index >= 15 is 0 Å². The number of hydrogen-bond donors (Lipinski definition) is 0. The maximum atomic E-state index is 12.1. The van der Waals surface area contributed by atoms with E-state index in [1.54, 1.807) is 16.4 Å². The fourth-order valence-corrected chi connectivity index (χ4v) is 5.66. The first-order valence-corrected chi connectivity index (χ1v) is 7.73. The number of hydrogen-bond acceptors (Lipinski definition) is 2. The van der Waals surface area contributed by atoms with Crippen molar-refractivity contribution in [3.63, 3.8) is 0 Å². The molecule has 18 heavy (non-hydrogen) atoms. The standard InChI is InChI=1S/C11H11Br2N3O2/c1-14-10(17)15-4-2-3-5(16(15)11(14)18)7-6(4)8(12)9(7)13/h2-9H,1H3/t4-,5-,6+,7+,8-,9+/m0/s1. The average Bonchev–Trinajstić information content (AvgIpc) is 2.64. The molecule has 0 aromatic carbocycles. The van der Waals surface area contributed by atoms with E-state index in [2.05, 4.69) is 44.0 Å². The summed E-state index contributed by atoms with van der Waals surface area (Å²) in [6.45, 7) is 0. The van der Waals surface area contributed by atoms with Crippen LogP contribution in [0.4, 0.5) is 0 Å². The second-order valence-electron chi connectivity index (χ2n) is 5.22. The first-order chi connectivity index (χ1) is 8.54. The molecule has 2 aliphatic heterocycles. The van der Waals surface area contributed by atoms with E-state index in [1.165, 1.54) is 4.57 Å². The summed E-state index contributed by atoms with van der Waals surface area (Å²) in [7, 11) is 1.54. The molecule has 1 aromatic rings. The Bertz CT molecular complexity index is 630. The quantitative estimate of drug-likeness (QED) is 0.496. The zero-order chi connectivity index (χ0) is 12.8. The van der Waals surface area contributed by atoms with Gasteiger partial charge in [-0.15, -0.1) is 0 Å². The zero-order valence-electron chi connectivity index (χ0n) is 9.53. The smallest absolute Gasteiger partial charge is 0.246 e. The lowest BCUT2D eigenvalue weighted by Gasteiger charge is -2.58. The lowest BCUT2D eigenvalue weighted by atomic mass is 9.62. The van der Waals surface area contributed by atoms with Crippen LogP contribution in [0.2, 0.25) is 0 Å². The molecule has 0 N–H and O–H groups in total. The minimum absolute atomic E-state index is 0.000394. The van der Waals surface area contributed by atoms with Gasteiger partial charge < -0.3 is 0 Å². The Morgan fingerprint density at radius 2 is 1.33 bits per heavy atom. The van der Waals surface area contributed by atoms with Crippen molar-refractivity contribution < 1.29 is 0 Å². The van der Waals surface area contributed by atoms with E-state index in [9.17, 15) is 9.59 Å². The summed E-state index contributed by atoms with van der Waals surface area (Å²) in [5.41, 5.74) is -0.425. The highest BCUT2D eigenvalue weighted by molar-refractivity contribution is 9.12. The Morgan fingerprint density at radius 1 is 0.944 bits per heavy atom. The van der Waals surface area contributed by atoms with Crippen molar-refractivity contribution >= 4 is 31.9 Å². The molecule has 96 valence electrons. The average molecular weight is 377 g/mol.